The molecule has 0 saturated heterocycles. The molecule has 190 valence electrons. The summed E-state index contributed by atoms with van der Waals surface area (Å²) in [5.74, 6) is -2.64. The predicted molar refractivity (Wildman–Crippen MR) is 126 cm³/mol. The molecule has 0 bridgehead atoms. The first-order valence-electron chi connectivity index (χ1n) is 10.8. The summed E-state index contributed by atoms with van der Waals surface area (Å²) in [5.41, 5.74) is 5.88. The fourth-order valence-electron chi connectivity index (χ4n) is 4.19. The van der Waals surface area contributed by atoms with E-state index in [9.17, 15) is 19.5 Å². The average molecular weight is 532 g/mol. The molecular weight excluding hydrogens is 499 g/mol. The van der Waals surface area contributed by atoms with Crippen LogP contribution >= 0.6 is 34.8 Å². The number of aliphatic imine (C=N–C) groups is 1. The van der Waals surface area contributed by atoms with Crippen molar-refractivity contribution in [1.29, 1.82) is 0 Å². The van der Waals surface area contributed by atoms with Gasteiger partial charge in [0.05, 0.1) is 24.7 Å². The Kier molecular flexibility index (Phi) is 12.0. The smallest absolute Gasteiger partial charge is 0.414 e. The minimum Gasteiger partial charge on any atom is -0.466 e. The predicted octanol–water partition coefficient (Wildman–Crippen LogP) is 2.27. The van der Waals surface area contributed by atoms with Crippen molar-refractivity contribution < 1.29 is 29.0 Å². The molecule has 1 aliphatic carbocycles. The fraction of sp³-hybridized carbons (Fsp3) is 0.800. The number of aliphatic hydroxyl groups excluding tert-OH is 1. The SMILES string of the molecule is CCOC(=O)[C@H]1C[C@@H](N=C(N)NC(=O)OCC(Cl)(Cl)Cl)[C@H](C(NC(C)=O)C(CC)CC)[C@@H]1O. The van der Waals surface area contributed by atoms with Crippen LogP contribution < -0.4 is 16.4 Å². The number of nitrogens with two attached hydrogens (primary N) is 1. The van der Waals surface area contributed by atoms with Gasteiger partial charge in [0.15, 0.2) is 5.96 Å². The topological polar surface area (TPSA) is 152 Å². The van der Waals surface area contributed by atoms with Crippen molar-refractivity contribution in [3.05, 3.63) is 0 Å². The molecule has 10 nitrogen and oxygen atoms in total. The molecule has 0 radical (unpaired) electrons. The maximum Gasteiger partial charge on any atom is 0.414 e. The zero-order valence-electron chi connectivity index (χ0n) is 19.1. The van der Waals surface area contributed by atoms with Gasteiger partial charge in [-0.15, -0.1) is 0 Å². The molecule has 0 aromatic rings. The van der Waals surface area contributed by atoms with E-state index >= 15 is 0 Å². The third-order valence-corrected chi connectivity index (χ3v) is 5.91. The molecule has 1 rings (SSSR count). The van der Waals surface area contributed by atoms with Gasteiger partial charge >= 0.3 is 12.1 Å². The van der Waals surface area contributed by atoms with Crippen LogP contribution in [0.1, 0.15) is 47.0 Å². The summed E-state index contributed by atoms with van der Waals surface area (Å²) in [5, 5.41) is 16.2. The van der Waals surface area contributed by atoms with Crippen LogP contribution in [0.4, 0.5) is 4.79 Å². The molecule has 0 heterocycles. The van der Waals surface area contributed by atoms with Crippen LogP contribution in [0.2, 0.25) is 0 Å². The molecule has 1 saturated carbocycles. The maximum absolute atomic E-state index is 12.5. The van der Waals surface area contributed by atoms with E-state index in [0.717, 1.165) is 12.8 Å². The summed E-state index contributed by atoms with van der Waals surface area (Å²) in [6, 6.07) is -1.18. The van der Waals surface area contributed by atoms with E-state index < -0.39 is 52.5 Å². The molecule has 0 spiro atoms. The number of nitrogens with zero attached hydrogens (tertiary/aromatic N) is 1. The van der Waals surface area contributed by atoms with E-state index in [0.29, 0.717) is 0 Å². The Morgan fingerprint density at radius 2 is 1.79 bits per heavy atom. The van der Waals surface area contributed by atoms with Gasteiger partial charge in [-0.3, -0.25) is 14.9 Å². The number of ether oxygens (including phenoxy) is 2. The molecule has 0 aromatic heterocycles. The van der Waals surface area contributed by atoms with Crippen LogP contribution in [0.25, 0.3) is 0 Å². The monoisotopic (exact) mass is 530 g/mol. The summed E-state index contributed by atoms with van der Waals surface area (Å²) in [6.45, 7) is 6.65. The van der Waals surface area contributed by atoms with Crippen molar-refractivity contribution in [2.75, 3.05) is 13.2 Å². The lowest BCUT2D eigenvalue weighted by atomic mass is 9.80. The Morgan fingerprint density at radius 1 is 1.18 bits per heavy atom. The van der Waals surface area contributed by atoms with Crippen LogP contribution in [0, 0.1) is 17.8 Å². The number of carbonyl (C=O) groups excluding carboxylic acids is 3. The van der Waals surface area contributed by atoms with Gasteiger partial charge in [0, 0.05) is 18.9 Å². The number of alkyl carbamates (subject to hydrolysis) is 1. The highest BCUT2D eigenvalue weighted by Crippen LogP contribution is 2.40. The van der Waals surface area contributed by atoms with Crippen molar-refractivity contribution in [1.82, 2.24) is 10.6 Å². The highest BCUT2D eigenvalue weighted by Gasteiger charge is 2.51. The molecule has 1 unspecified atom stereocenters. The van der Waals surface area contributed by atoms with Crippen molar-refractivity contribution >= 4 is 58.7 Å². The standard InChI is InChI=1S/C20H33Cl3N4O6/c1-5-11(6-2)15(25-10(4)28)14-13(8-12(16(14)29)17(30)32-7-3)26-18(24)27-19(31)33-9-20(21,22)23/h11-16,29H,5-9H2,1-4H3,(H,25,28)(H3,24,26,27,31)/t12-,13+,14+,15?,16+/m0/s1. The van der Waals surface area contributed by atoms with E-state index in [2.05, 4.69) is 15.6 Å². The number of alkyl halides is 3. The minimum absolute atomic E-state index is 0.00984. The molecule has 5 atom stereocenters. The summed E-state index contributed by atoms with van der Waals surface area (Å²) < 4.78 is 8.08. The van der Waals surface area contributed by atoms with Gasteiger partial charge < -0.3 is 25.6 Å². The highest BCUT2D eigenvalue weighted by atomic mass is 35.6. The first-order valence-corrected chi connectivity index (χ1v) is 11.9. The van der Waals surface area contributed by atoms with Crippen LogP contribution in [-0.2, 0) is 19.1 Å². The molecule has 5 N–H and O–H groups in total. The van der Waals surface area contributed by atoms with E-state index in [4.69, 9.17) is 50.0 Å². The fourth-order valence-corrected chi connectivity index (χ4v) is 4.35. The van der Waals surface area contributed by atoms with Gasteiger partial charge in [-0.1, -0.05) is 61.5 Å². The Bertz CT molecular complexity index is 714. The number of esters is 1. The van der Waals surface area contributed by atoms with E-state index in [-0.39, 0.29) is 30.8 Å². The van der Waals surface area contributed by atoms with Gasteiger partial charge in [0.2, 0.25) is 9.70 Å². The lowest BCUT2D eigenvalue weighted by Crippen LogP contribution is -2.51. The minimum atomic E-state index is -1.79. The summed E-state index contributed by atoms with van der Waals surface area (Å²) in [4.78, 5) is 40.7. The third-order valence-electron chi connectivity index (χ3n) is 5.58. The number of carbonyl (C=O) groups is 3. The van der Waals surface area contributed by atoms with Gasteiger partial charge in [-0.05, 0) is 19.3 Å². The third kappa shape index (κ3) is 9.35. The Balaban J connectivity index is 3.21. The summed E-state index contributed by atoms with van der Waals surface area (Å²) >= 11 is 16.6. The Hall–Kier alpha value is -1.49. The number of halogens is 3. The number of guanidine groups is 1. The van der Waals surface area contributed by atoms with Gasteiger partial charge in [0.25, 0.3) is 0 Å². The van der Waals surface area contributed by atoms with Crippen molar-refractivity contribution in [2.45, 2.75) is 68.9 Å². The second-order valence-electron chi connectivity index (χ2n) is 7.86. The first-order chi connectivity index (χ1) is 15.3. The van der Waals surface area contributed by atoms with Crippen molar-refractivity contribution in [3.63, 3.8) is 0 Å². The van der Waals surface area contributed by atoms with Crippen LogP contribution in [0.5, 0.6) is 0 Å². The zero-order valence-corrected chi connectivity index (χ0v) is 21.4. The number of nitrogens with one attached hydrogen (secondary N) is 2. The molecular formula is C20H33Cl3N4O6. The molecule has 1 fully saturated rings. The van der Waals surface area contributed by atoms with Gasteiger partial charge in [-0.2, -0.15) is 0 Å². The van der Waals surface area contributed by atoms with E-state index in [1.165, 1.54) is 6.92 Å². The van der Waals surface area contributed by atoms with Crippen molar-refractivity contribution in [2.24, 2.45) is 28.5 Å². The number of aliphatic hydroxyl groups is 1. The molecule has 0 aliphatic heterocycles. The quantitative estimate of drug-likeness (QED) is 0.154. The molecule has 13 heteroatoms. The van der Waals surface area contributed by atoms with Gasteiger partial charge in [0.1, 0.15) is 6.61 Å². The largest absolute Gasteiger partial charge is 0.466 e. The van der Waals surface area contributed by atoms with Crippen LogP contribution in [-0.4, -0.2) is 64.2 Å². The highest BCUT2D eigenvalue weighted by molar-refractivity contribution is 6.67. The van der Waals surface area contributed by atoms with Gasteiger partial charge in [-0.25, -0.2) is 9.79 Å². The lowest BCUT2D eigenvalue weighted by Gasteiger charge is -2.35. The first kappa shape index (κ1) is 29.5. The molecule has 0 aromatic carbocycles. The Morgan fingerprint density at radius 3 is 2.27 bits per heavy atom. The number of rotatable bonds is 9. The number of amides is 2. The van der Waals surface area contributed by atoms with Crippen LogP contribution in [0.3, 0.4) is 0 Å². The maximum atomic E-state index is 12.5. The molecule has 33 heavy (non-hydrogen) atoms. The van der Waals surface area contributed by atoms with E-state index in [1.54, 1.807) is 6.92 Å². The summed E-state index contributed by atoms with van der Waals surface area (Å²) in [7, 11) is 0. The molecule has 2 amide bonds. The number of hydrogen-bond acceptors (Lipinski definition) is 7. The lowest BCUT2D eigenvalue weighted by molar-refractivity contribution is -0.151. The Labute approximate surface area is 208 Å². The van der Waals surface area contributed by atoms with E-state index in [1.807, 2.05) is 13.8 Å². The second-order valence-corrected chi connectivity index (χ2v) is 10.4. The molecule has 1 aliphatic rings. The van der Waals surface area contributed by atoms with Crippen molar-refractivity contribution in [3.8, 4) is 0 Å². The zero-order chi connectivity index (χ0) is 25.3. The normalized spacial score (nSPS) is 24.3. The number of hydrogen-bond donors (Lipinski definition) is 4. The average Bonchev–Trinajstić information content (AvgIpc) is 3.01. The second kappa shape index (κ2) is 13.4. The summed E-state index contributed by atoms with van der Waals surface area (Å²) in [6.07, 6.45) is -0.561. The van der Waals surface area contributed by atoms with Crippen LogP contribution in [0.15, 0.2) is 4.99 Å².